The molecule has 1 aliphatic rings. The van der Waals surface area contributed by atoms with Crippen molar-refractivity contribution < 1.29 is 9.90 Å². The van der Waals surface area contributed by atoms with Crippen molar-refractivity contribution in [3.8, 4) is 0 Å². The van der Waals surface area contributed by atoms with E-state index in [1.165, 1.54) is 0 Å². The van der Waals surface area contributed by atoms with Gasteiger partial charge in [-0.1, -0.05) is 50.1 Å². The highest BCUT2D eigenvalue weighted by atomic mass is 16.3. The van der Waals surface area contributed by atoms with Gasteiger partial charge in [0.15, 0.2) is 0 Å². The van der Waals surface area contributed by atoms with Crippen molar-refractivity contribution in [1.82, 2.24) is 5.32 Å². The molecule has 98 valence electrons. The Kier molecular flexibility index (Phi) is 4.02. The van der Waals surface area contributed by atoms with Gasteiger partial charge in [-0.3, -0.25) is 4.79 Å². The van der Waals surface area contributed by atoms with Crippen LogP contribution in [0.15, 0.2) is 30.3 Å². The molecule has 1 atom stereocenters. The highest BCUT2D eigenvalue weighted by molar-refractivity contribution is 5.82. The van der Waals surface area contributed by atoms with E-state index in [2.05, 4.69) is 5.32 Å². The summed E-state index contributed by atoms with van der Waals surface area (Å²) in [5, 5.41) is 12.4. The Morgan fingerprint density at radius 3 is 2.50 bits per heavy atom. The summed E-state index contributed by atoms with van der Waals surface area (Å²) in [5.74, 6) is 0.0721. The van der Waals surface area contributed by atoms with Crippen LogP contribution in [0.3, 0.4) is 0 Å². The molecular formula is C15H21NO2. The van der Waals surface area contributed by atoms with Crippen molar-refractivity contribution in [2.75, 3.05) is 6.61 Å². The van der Waals surface area contributed by atoms with Gasteiger partial charge in [0.05, 0.1) is 12.6 Å². The van der Waals surface area contributed by atoms with Crippen LogP contribution in [0.2, 0.25) is 0 Å². The smallest absolute Gasteiger partial charge is 0.226 e. The maximum atomic E-state index is 12.3. The van der Waals surface area contributed by atoms with E-state index >= 15 is 0 Å². The molecule has 2 rings (SSSR count). The molecule has 0 saturated heterocycles. The first-order valence-electron chi connectivity index (χ1n) is 6.62. The summed E-state index contributed by atoms with van der Waals surface area (Å²) in [6.45, 7) is 1.96. The fraction of sp³-hybridized carbons (Fsp3) is 0.533. The third-order valence-electron chi connectivity index (χ3n) is 3.95. The van der Waals surface area contributed by atoms with E-state index in [-0.39, 0.29) is 24.0 Å². The summed E-state index contributed by atoms with van der Waals surface area (Å²) in [4.78, 5) is 12.3. The number of hydrogen-bond donors (Lipinski definition) is 2. The van der Waals surface area contributed by atoms with Crippen LogP contribution < -0.4 is 5.32 Å². The second kappa shape index (κ2) is 5.53. The molecule has 0 radical (unpaired) electrons. The Morgan fingerprint density at radius 1 is 1.33 bits per heavy atom. The predicted octanol–water partition coefficient (Wildman–Crippen LogP) is 2.42. The van der Waals surface area contributed by atoms with E-state index in [0.29, 0.717) is 0 Å². The number of aliphatic hydroxyl groups excluding tert-OH is 1. The summed E-state index contributed by atoms with van der Waals surface area (Å²) >= 11 is 0. The van der Waals surface area contributed by atoms with Crippen LogP contribution in [0.4, 0.5) is 0 Å². The summed E-state index contributed by atoms with van der Waals surface area (Å²) in [7, 11) is 0. The Hall–Kier alpha value is -1.35. The molecule has 0 spiro atoms. The average Bonchev–Trinajstić information content (AvgIpc) is 2.85. The van der Waals surface area contributed by atoms with Gasteiger partial charge in [0.1, 0.15) is 0 Å². The molecule has 1 saturated carbocycles. The van der Waals surface area contributed by atoms with Crippen molar-refractivity contribution >= 4 is 5.91 Å². The molecule has 0 aromatic heterocycles. The standard InChI is InChI=1S/C15H21NO2/c1-15(9-5-6-10-15)14(18)16-13(11-17)12-7-3-2-4-8-12/h2-4,7-8,13,17H,5-6,9-11H2,1H3,(H,16,18)/t13-/m0/s1. The van der Waals surface area contributed by atoms with Crippen molar-refractivity contribution in [2.24, 2.45) is 5.41 Å². The number of nitrogens with one attached hydrogen (secondary N) is 1. The molecule has 0 aliphatic heterocycles. The van der Waals surface area contributed by atoms with E-state index in [1.54, 1.807) is 0 Å². The fourth-order valence-electron chi connectivity index (χ4n) is 2.63. The highest BCUT2D eigenvalue weighted by Gasteiger charge is 2.37. The zero-order valence-corrected chi connectivity index (χ0v) is 10.9. The quantitative estimate of drug-likeness (QED) is 0.858. The van der Waals surface area contributed by atoms with Crippen LogP contribution in [-0.4, -0.2) is 17.6 Å². The highest BCUT2D eigenvalue weighted by Crippen LogP contribution is 2.38. The Morgan fingerprint density at radius 2 is 1.94 bits per heavy atom. The molecule has 0 heterocycles. The molecule has 1 aromatic rings. The number of carbonyl (C=O) groups excluding carboxylic acids is 1. The molecule has 1 amide bonds. The van der Waals surface area contributed by atoms with Gasteiger partial charge < -0.3 is 10.4 Å². The van der Waals surface area contributed by atoms with Crippen LogP contribution in [0.5, 0.6) is 0 Å². The molecule has 18 heavy (non-hydrogen) atoms. The zero-order valence-electron chi connectivity index (χ0n) is 10.9. The van der Waals surface area contributed by atoms with Crippen molar-refractivity contribution in [3.05, 3.63) is 35.9 Å². The van der Waals surface area contributed by atoms with E-state index in [9.17, 15) is 9.90 Å². The van der Waals surface area contributed by atoms with Crippen LogP contribution in [0.25, 0.3) is 0 Å². The van der Waals surface area contributed by atoms with Gasteiger partial charge in [-0.2, -0.15) is 0 Å². The number of aliphatic hydroxyl groups is 1. The first-order valence-corrected chi connectivity index (χ1v) is 6.62. The maximum absolute atomic E-state index is 12.3. The maximum Gasteiger partial charge on any atom is 0.226 e. The van der Waals surface area contributed by atoms with Gasteiger partial charge in [0, 0.05) is 5.41 Å². The van der Waals surface area contributed by atoms with Gasteiger partial charge >= 0.3 is 0 Å². The average molecular weight is 247 g/mol. The number of carbonyl (C=O) groups is 1. The monoisotopic (exact) mass is 247 g/mol. The van der Waals surface area contributed by atoms with Crippen LogP contribution >= 0.6 is 0 Å². The molecule has 1 aliphatic carbocycles. The van der Waals surface area contributed by atoms with E-state index < -0.39 is 0 Å². The van der Waals surface area contributed by atoms with Crippen molar-refractivity contribution in [1.29, 1.82) is 0 Å². The number of amides is 1. The lowest BCUT2D eigenvalue weighted by molar-refractivity contribution is -0.131. The molecule has 0 unspecified atom stereocenters. The molecule has 0 bridgehead atoms. The first-order chi connectivity index (χ1) is 8.65. The second-order valence-electron chi connectivity index (χ2n) is 5.39. The minimum atomic E-state index is -0.295. The molecule has 3 nitrogen and oxygen atoms in total. The molecular weight excluding hydrogens is 226 g/mol. The zero-order chi connectivity index (χ0) is 13.0. The van der Waals surface area contributed by atoms with Gasteiger partial charge in [0.25, 0.3) is 0 Å². The lowest BCUT2D eigenvalue weighted by atomic mass is 9.87. The summed E-state index contributed by atoms with van der Waals surface area (Å²) in [6, 6.07) is 9.33. The van der Waals surface area contributed by atoms with Crippen LogP contribution in [0.1, 0.15) is 44.2 Å². The summed E-state index contributed by atoms with van der Waals surface area (Å²) < 4.78 is 0. The van der Waals surface area contributed by atoms with Gasteiger partial charge in [-0.15, -0.1) is 0 Å². The Bertz CT molecular complexity index is 396. The lowest BCUT2D eigenvalue weighted by Crippen LogP contribution is -2.40. The fourth-order valence-corrected chi connectivity index (χ4v) is 2.63. The first kappa shape index (κ1) is 13.1. The topological polar surface area (TPSA) is 49.3 Å². The summed E-state index contributed by atoms with van der Waals surface area (Å²) in [6.07, 6.45) is 4.15. The van der Waals surface area contributed by atoms with E-state index in [0.717, 1.165) is 31.2 Å². The van der Waals surface area contributed by atoms with Crippen molar-refractivity contribution in [3.63, 3.8) is 0 Å². The number of hydrogen-bond acceptors (Lipinski definition) is 2. The second-order valence-corrected chi connectivity index (χ2v) is 5.39. The number of benzene rings is 1. The molecule has 1 fully saturated rings. The van der Waals surface area contributed by atoms with E-state index in [4.69, 9.17) is 0 Å². The van der Waals surface area contributed by atoms with Crippen LogP contribution in [0, 0.1) is 5.41 Å². The van der Waals surface area contributed by atoms with Gasteiger partial charge in [-0.05, 0) is 18.4 Å². The van der Waals surface area contributed by atoms with Gasteiger partial charge in [-0.25, -0.2) is 0 Å². The molecule has 2 N–H and O–H groups in total. The third-order valence-corrected chi connectivity index (χ3v) is 3.95. The Balaban J connectivity index is 2.05. The summed E-state index contributed by atoms with van der Waals surface area (Å²) in [5.41, 5.74) is 0.706. The largest absolute Gasteiger partial charge is 0.394 e. The predicted molar refractivity (Wildman–Crippen MR) is 71.0 cm³/mol. The number of rotatable bonds is 4. The van der Waals surface area contributed by atoms with Crippen LogP contribution in [-0.2, 0) is 4.79 Å². The molecule has 1 aromatic carbocycles. The van der Waals surface area contributed by atoms with E-state index in [1.807, 2.05) is 37.3 Å². The minimum Gasteiger partial charge on any atom is -0.394 e. The minimum absolute atomic E-state index is 0.0637. The van der Waals surface area contributed by atoms with Crippen molar-refractivity contribution in [2.45, 2.75) is 38.6 Å². The molecule has 3 heteroatoms. The van der Waals surface area contributed by atoms with Gasteiger partial charge in [0.2, 0.25) is 5.91 Å². The normalized spacial score (nSPS) is 19.4. The SMILES string of the molecule is CC1(C(=O)N[C@@H](CO)c2ccccc2)CCCC1. The Labute approximate surface area is 108 Å². The third kappa shape index (κ3) is 2.72. The lowest BCUT2D eigenvalue weighted by Gasteiger charge is -2.26.